The van der Waals surface area contributed by atoms with Gasteiger partial charge >= 0.3 is 22.5 Å². The van der Waals surface area contributed by atoms with Crippen molar-refractivity contribution in [3.63, 3.8) is 0 Å². The molecule has 0 unspecified atom stereocenters. The van der Waals surface area contributed by atoms with Gasteiger partial charge in [0.05, 0.1) is 12.1 Å². The van der Waals surface area contributed by atoms with E-state index in [-0.39, 0.29) is 36.7 Å². The number of urea groups is 2. The monoisotopic (exact) mass is 456 g/mol. The molecule has 6 aliphatic rings. The molecule has 0 aliphatic carbocycles. The number of carbonyl (C=O) groups excluding carboxylic acids is 4. The van der Waals surface area contributed by atoms with Gasteiger partial charge in [-0.05, 0) is 12.8 Å². The van der Waals surface area contributed by atoms with Crippen LogP contribution in [0, 0.1) is 11.8 Å². The van der Waals surface area contributed by atoms with Crippen LogP contribution in [0.4, 0.5) is 9.59 Å². The van der Waals surface area contributed by atoms with Crippen molar-refractivity contribution in [2.24, 2.45) is 11.8 Å². The minimum absolute atomic E-state index is 0.120. The number of hydrogen-bond acceptors (Lipinski definition) is 8. The summed E-state index contributed by atoms with van der Waals surface area (Å²) in [7, 11) is -4.81. The number of amides is 6. The average molecular weight is 456 g/mol. The highest BCUT2D eigenvalue weighted by molar-refractivity contribution is 7.81. The molecular weight excluding hydrogens is 436 g/mol. The van der Waals surface area contributed by atoms with Crippen LogP contribution in [0.1, 0.15) is 12.8 Å². The number of nitrogens with zero attached hydrogens (tertiary/aromatic N) is 4. The molecule has 0 aromatic heterocycles. The zero-order chi connectivity index (χ0) is 21.7. The van der Waals surface area contributed by atoms with E-state index in [1.54, 1.807) is 0 Å². The summed E-state index contributed by atoms with van der Waals surface area (Å²) in [6, 6.07) is -3.86. The van der Waals surface area contributed by atoms with Gasteiger partial charge in [0.15, 0.2) is 0 Å². The zero-order valence-corrected chi connectivity index (χ0v) is 17.0. The largest absolute Gasteiger partial charge is 0.442 e. The molecule has 6 heterocycles. The summed E-state index contributed by atoms with van der Waals surface area (Å²) in [6.07, 6.45) is 0.803. The summed E-state index contributed by atoms with van der Waals surface area (Å²) in [5.41, 5.74) is 0. The quantitative estimate of drug-likeness (QED) is 0.464. The number of hydroxylamine groups is 4. The van der Waals surface area contributed by atoms with Gasteiger partial charge < -0.3 is 20.4 Å². The van der Waals surface area contributed by atoms with E-state index < -0.39 is 46.6 Å². The lowest BCUT2D eigenvalue weighted by atomic mass is 9.91. The Morgan fingerprint density at radius 3 is 1.58 bits per heavy atom. The van der Waals surface area contributed by atoms with Crippen molar-refractivity contribution < 1.29 is 36.2 Å². The molecule has 6 atom stereocenters. The van der Waals surface area contributed by atoms with Gasteiger partial charge in [0.1, 0.15) is 12.1 Å². The lowest BCUT2D eigenvalue weighted by molar-refractivity contribution is -0.124. The molecule has 6 rings (SSSR count). The number of fused-ring (bicyclic) bond motifs is 8. The highest BCUT2D eigenvalue weighted by Crippen LogP contribution is 2.38. The second kappa shape index (κ2) is 6.20. The first-order valence-electron chi connectivity index (χ1n) is 10.1. The molecule has 6 fully saturated rings. The van der Waals surface area contributed by atoms with Gasteiger partial charge in [0.25, 0.3) is 0 Å². The van der Waals surface area contributed by atoms with E-state index in [0.717, 1.165) is 10.1 Å². The normalized spacial score (nSPS) is 38.6. The third kappa shape index (κ3) is 2.66. The van der Waals surface area contributed by atoms with Crippen LogP contribution in [-0.4, -0.2) is 103 Å². The summed E-state index contributed by atoms with van der Waals surface area (Å²) in [5, 5.41) is 6.86. The first kappa shape index (κ1) is 19.1. The number of rotatable bonds is 4. The Balaban J connectivity index is 1.18. The van der Waals surface area contributed by atoms with Crippen molar-refractivity contribution in [1.82, 2.24) is 30.6 Å². The van der Waals surface area contributed by atoms with Gasteiger partial charge in [-0.3, -0.25) is 9.59 Å². The minimum atomic E-state index is -4.81. The Labute approximate surface area is 176 Å². The van der Waals surface area contributed by atoms with Crippen molar-refractivity contribution in [1.29, 1.82) is 0 Å². The second-order valence-corrected chi connectivity index (χ2v) is 9.87. The Hall–Kier alpha value is -2.65. The van der Waals surface area contributed by atoms with Crippen LogP contribution in [0.25, 0.3) is 0 Å². The fraction of sp³-hybridized carbons (Fsp3) is 0.750. The number of nitrogens with one attached hydrogen (secondary N) is 2. The lowest BCUT2D eigenvalue weighted by Gasteiger charge is -2.30. The third-order valence-corrected chi connectivity index (χ3v) is 7.70. The lowest BCUT2D eigenvalue weighted by Crippen LogP contribution is -2.47. The summed E-state index contributed by atoms with van der Waals surface area (Å²) in [4.78, 5) is 52.1. The van der Waals surface area contributed by atoms with E-state index in [1.807, 2.05) is 0 Å². The molecule has 14 nitrogen and oxygen atoms in total. The Morgan fingerprint density at radius 2 is 1.16 bits per heavy atom. The Bertz CT molecular complexity index is 932. The van der Waals surface area contributed by atoms with Gasteiger partial charge in [0.2, 0.25) is 11.8 Å². The first-order valence-corrected chi connectivity index (χ1v) is 11.5. The van der Waals surface area contributed by atoms with E-state index >= 15 is 0 Å². The molecule has 0 radical (unpaired) electrons. The van der Waals surface area contributed by atoms with Gasteiger partial charge in [0, 0.05) is 38.0 Å². The van der Waals surface area contributed by atoms with Crippen molar-refractivity contribution >= 4 is 34.3 Å². The molecule has 6 aliphatic heterocycles. The van der Waals surface area contributed by atoms with Crippen molar-refractivity contribution in [2.45, 2.75) is 37.0 Å². The van der Waals surface area contributed by atoms with E-state index in [2.05, 4.69) is 10.6 Å². The Kier molecular flexibility index (Phi) is 3.81. The van der Waals surface area contributed by atoms with Crippen LogP contribution >= 0.6 is 0 Å². The van der Waals surface area contributed by atoms with E-state index in [0.29, 0.717) is 25.9 Å². The molecular formula is C16H20N6O8S. The van der Waals surface area contributed by atoms with Gasteiger partial charge in [-0.15, -0.1) is 8.57 Å². The molecule has 6 saturated heterocycles. The maximum absolute atomic E-state index is 12.7. The molecule has 0 saturated carbocycles. The SMILES string of the molecule is O=C1NC[C@@H]2C[C@@H]3CN(C(=O)N3OS(=O)(=O)ON3C(=O)N4C[C@H]3C[C@H]3CNC(=O)[C@H]34)[C@H]12. The maximum Gasteiger partial charge on any atom is 0.442 e. The van der Waals surface area contributed by atoms with Crippen molar-refractivity contribution in [3.05, 3.63) is 0 Å². The van der Waals surface area contributed by atoms with Gasteiger partial charge in [-0.2, -0.15) is 18.5 Å². The van der Waals surface area contributed by atoms with E-state index in [4.69, 9.17) is 8.57 Å². The maximum atomic E-state index is 12.7. The second-order valence-electron chi connectivity index (χ2n) is 8.76. The number of carbonyl (C=O) groups is 4. The summed E-state index contributed by atoms with van der Waals surface area (Å²) in [6.45, 7) is 1.16. The van der Waals surface area contributed by atoms with Crippen LogP contribution in [0.3, 0.4) is 0 Å². The minimum Gasteiger partial charge on any atom is -0.354 e. The van der Waals surface area contributed by atoms with Crippen LogP contribution in [0.15, 0.2) is 0 Å². The van der Waals surface area contributed by atoms with Crippen LogP contribution in [-0.2, 0) is 28.6 Å². The topological polar surface area (TPSA) is 158 Å². The third-order valence-electron chi connectivity index (χ3n) is 7.02. The molecule has 0 aromatic carbocycles. The molecule has 6 amide bonds. The zero-order valence-electron chi connectivity index (χ0n) is 16.2. The number of piperidine rings is 2. The predicted molar refractivity (Wildman–Crippen MR) is 96.4 cm³/mol. The Morgan fingerprint density at radius 1 is 0.742 bits per heavy atom. The molecule has 0 spiro atoms. The molecule has 31 heavy (non-hydrogen) atoms. The average Bonchev–Trinajstić information content (AvgIpc) is 3.41. The smallest absolute Gasteiger partial charge is 0.354 e. The highest BCUT2D eigenvalue weighted by atomic mass is 32.3. The van der Waals surface area contributed by atoms with Crippen LogP contribution in [0.2, 0.25) is 0 Å². The van der Waals surface area contributed by atoms with Gasteiger partial charge in [-0.1, -0.05) is 0 Å². The summed E-state index contributed by atoms with van der Waals surface area (Å²) >= 11 is 0. The molecule has 2 N–H and O–H groups in total. The molecule has 4 bridgehead atoms. The summed E-state index contributed by atoms with van der Waals surface area (Å²) in [5.74, 6) is -0.775. The van der Waals surface area contributed by atoms with Crippen molar-refractivity contribution in [3.8, 4) is 0 Å². The fourth-order valence-electron chi connectivity index (χ4n) is 5.76. The highest BCUT2D eigenvalue weighted by Gasteiger charge is 2.58. The first-order chi connectivity index (χ1) is 14.7. The van der Waals surface area contributed by atoms with Crippen LogP contribution < -0.4 is 10.6 Å². The van der Waals surface area contributed by atoms with E-state index in [9.17, 15) is 27.6 Å². The van der Waals surface area contributed by atoms with Crippen LogP contribution in [0.5, 0.6) is 0 Å². The molecule has 0 aromatic rings. The fourth-order valence-corrected chi connectivity index (χ4v) is 6.56. The van der Waals surface area contributed by atoms with E-state index in [1.165, 1.54) is 9.80 Å². The van der Waals surface area contributed by atoms with Crippen molar-refractivity contribution in [2.75, 3.05) is 26.2 Å². The molecule has 168 valence electrons. The molecule has 15 heteroatoms. The predicted octanol–water partition coefficient (Wildman–Crippen LogP) is -2.66. The number of hydrogen-bond donors (Lipinski definition) is 2. The summed E-state index contributed by atoms with van der Waals surface area (Å²) < 4.78 is 35.1. The van der Waals surface area contributed by atoms with Gasteiger partial charge in [-0.25, -0.2) is 9.59 Å². The standard InChI is InChI=1S/C16H20N6O8S/c23-13-11-7(3-17-13)1-9-5-19(11)15(25)21(9)29-31(27,28)30-22-10-2-8-4-18-14(24)12(8)20(6-10)16(22)26/h7-12H,1-6H2,(H,17,23)(H,18,24)/t7-,8-,9+,10+,11-,12-/m0/s1.